The van der Waals surface area contributed by atoms with Crippen molar-refractivity contribution in [1.29, 1.82) is 0 Å². The zero-order valence-electron chi connectivity index (χ0n) is 12.6. The van der Waals surface area contributed by atoms with Crippen LogP contribution in [0.2, 0.25) is 0 Å². The Morgan fingerprint density at radius 1 is 1.37 bits per heavy atom. The number of hydrogen-bond donors (Lipinski definition) is 1. The van der Waals surface area contributed by atoms with Crippen molar-refractivity contribution in [3.8, 4) is 0 Å². The van der Waals surface area contributed by atoms with Crippen LogP contribution in [0.25, 0.3) is 0 Å². The molecule has 0 aromatic carbocycles. The highest BCUT2D eigenvalue weighted by atomic mass is 32.1. The van der Waals surface area contributed by atoms with Gasteiger partial charge in [0.2, 0.25) is 0 Å². The molecule has 1 fully saturated rings. The molecule has 0 bridgehead atoms. The minimum absolute atomic E-state index is 0.722. The Morgan fingerprint density at radius 2 is 2.16 bits per heavy atom. The van der Waals surface area contributed by atoms with E-state index in [0.717, 1.165) is 25.0 Å². The maximum absolute atomic E-state index is 3.56. The van der Waals surface area contributed by atoms with Gasteiger partial charge in [-0.2, -0.15) is 0 Å². The van der Waals surface area contributed by atoms with Crippen molar-refractivity contribution < 1.29 is 0 Å². The third kappa shape index (κ3) is 4.28. The smallest absolute Gasteiger partial charge is 0.0300 e. The lowest BCUT2D eigenvalue weighted by Crippen LogP contribution is -2.35. The fraction of sp³-hybridized carbons (Fsp3) is 0.733. The normalized spacial score (nSPS) is 24.5. The van der Waals surface area contributed by atoms with Gasteiger partial charge in [0, 0.05) is 48.5 Å². The van der Waals surface area contributed by atoms with Crippen LogP contribution in [0.3, 0.4) is 0 Å². The van der Waals surface area contributed by atoms with Crippen LogP contribution >= 0.6 is 11.3 Å². The minimum Gasteiger partial charge on any atom is -0.311 e. The molecule has 0 radical (unpaired) electrons. The average molecular weight is 281 g/mol. The van der Waals surface area contributed by atoms with Crippen LogP contribution in [0.5, 0.6) is 0 Å². The molecule has 2 rings (SSSR count). The predicted molar refractivity (Wildman–Crippen MR) is 83.8 cm³/mol. The third-order valence-electron chi connectivity index (χ3n) is 4.01. The van der Waals surface area contributed by atoms with E-state index in [9.17, 15) is 0 Å². The summed E-state index contributed by atoms with van der Waals surface area (Å²) >= 11 is 1.89. The molecule has 1 aliphatic rings. The van der Waals surface area contributed by atoms with E-state index in [0.29, 0.717) is 0 Å². The van der Waals surface area contributed by atoms with Gasteiger partial charge in [-0.25, -0.2) is 0 Å². The Bertz CT molecular complexity index is 388. The highest BCUT2D eigenvalue weighted by molar-refractivity contribution is 7.11. The standard InChI is InChI=1S/C15H27N3S/c1-12-10-18(11-15(12)17(3)4)8-7-16-9-14-6-5-13(2)19-14/h5-6,12,15-16H,7-11H2,1-4H3. The molecule has 2 unspecified atom stereocenters. The number of thiophene rings is 1. The van der Waals surface area contributed by atoms with Gasteiger partial charge in [-0.1, -0.05) is 6.92 Å². The van der Waals surface area contributed by atoms with Gasteiger partial charge < -0.3 is 15.1 Å². The summed E-state index contributed by atoms with van der Waals surface area (Å²) in [6, 6.07) is 5.15. The molecule has 4 heteroatoms. The van der Waals surface area contributed by atoms with Gasteiger partial charge in [0.1, 0.15) is 0 Å². The number of likely N-dealkylation sites (tertiary alicyclic amines) is 1. The molecule has 3 nitrogen and oxygen atoms in total. The summed E-state index contributed by atoms with van der Waals surface area (Å²) in [5, 5.41) is 3.56. The molecule has 1 saturated heterocycles. The van der Waals surface area contributed by atoms with Gasteiger partial charge >= 0.3 is 0 Å². The second-order valence-electron chi connectivity index (χ2n) is 5.96. The highest BCUT2D eigenvalue weighted by Gasteiger charge is 2.30. The fourth-order valence-corrected chi connectivity index (χ4v) is 3.79. The molecule has 2 atom stereocenters. The Kier molecular flexibility index (Phi) is 5.39. The zero-order valence-corrected chi connectivity index (χ0v) is 13.5. The molecule has 1 N–H and O–H groups in total. The summed E-state index contributed by atoms with van der Waals surface area (Å²) in [6.45, 7) is 10.3. The first-order valence-electron chi connectivity index (χ1n) is 7.21. The summed E-state index contributed by atoms with van der Waals surface area (Å²) in [7, 11) is 4.39. The summed E-state index contributed by atoms with van der Waals surface area (Å²) in [6.07, 6.45) is 0. The van der Waals surface area contributed by atoms with Crippen LogP contribution in [-0.4, -0.2) is 56.1 Å². The summed E-state index contributed by atoms with van der Waals surface area (Å²) < 4.78 is 0. The third-order valence-corrected chi connectivity index (χ3v) is 5.01. The van der Waals surface area contributed by atoms with E-state index in [2.05, 4.69) is 55.2 Å². The fourth-order valence-electron chi connectivity index (χ4n) is 2.93. The van der Waals surface area contributed by atoms with Crippen LogP contribution in [0.1, 0.15) is 16.7 Å². The lowest BCUT2D eigenvalue weighted by molar-refractivity contribution is 0.252. The first kappa shape index (κ1) is 15.0. The molecule has 2 heterocycles. The van der Waals surface area contributed by atoms with Crippen molar-refractivity contribution >= 4 is 11.3 Å². The van der Waals surface area contributed by atoms with Gasteiger partial charge in [0.05, 0.1) is 0 Å². The SMILES string of the molecule is Cc1ccc(CNCCN2CC(C)C(N(C)C)C2)s1. The second-order valence-corrected chi connectivity index (χ2v) is 7.33. The van der Waals surface area contributed by atoms with Crippen molar-refractivity contribution in [2.45, 2.75) is 26.4 Å². The van der Waals surface area contributed by atoms with E-state index in [1.807, 2.05) is 11.3 Å². The highest BCUT2D eigenvalue weighted by Crippen LogP contribution is 2.19. The van der Waals surface area contributed by atoms with E-state index in [1.54, 1.807) is 0 Å². The number of aryl methyl sites for hydroxylation is 1. The molecule has 1 aromatic heterocycles. The summed E-state index contributed by atoms with van der Waals surface area (Å²) in [5.74, 6) is 0.787. The molecule has 1 aliphatic heterocycles. The molecule has 0 saturated carbocycles. The molecule has 108 valence electrons. The Balaban J connectivity index is 1.64. The van der Waals surface area contributed by atoms with Gasteiger partial charge in [0.25, 0.3) is 0 Å². The van der Waals surface area contributed by atoms with Crippen LogP contribution in [0.15, 0.2) is 12.1 Å². The van der Waals surface area contributed by atoms with E-state index in [-0.39, 0.29) is 0 Å². The summed E-state index contributed by atoms with van der Waals surface area (Å²) in [5.41, 5.74) is 0. The molecule has 1 aromatic rings. The number of likely N-dealkylation sites (N-methyl/N-ethyl adjacent to an activating group) is 1. The maximum atomic E-state index is 3.56. The Hall–Kier alpha value is -0.420. The van der Waals surface area contributed by atoms with Crippen molar-refractivity contribution in [3.63, 3.8) is 0 Å². The Morgan fingerprint density at radius 3 is 2.74 bits per heavy atom. The minimum atomic E-state index is 0.722. The van der Waals surface area contributed by atoms with E-state index in [1.165, 1.54) is 29.4 Å². The second kappa shape index (κ2) is 6.84. The lowest BCUT2D eigenvalue weighted by atomic mass is 10.1. The lowest BCUT2D eigenvalue weighted by Gasteiger charge is -2.22. The quantitative estimate of drug-likeness (QED) is 0.805. The van der Waals surface area contributed by atoms with Crippen molar-refractivity contribution in [2.24, 2.45) is 5.92 Å². The first-order chi connectivity index (χ1) is 9.06. The molecular weight excluding hydrogens is 254 g/mol. The van der Waals surface area contributed by atoms with E-state index < -0.39 is 0 Å². The monoisotopic (exact) mass is 281 g/mol. The molecule has 0 spiro atoms. The molecule has 19 heavy (non-hydrogen) atoms. The van der Waals surface area contributed by atoms with Gasteiger partial charge in [-0.15, -0.1) is 11.3 Å². The van der Waals surface area contributed by atoms with Crippen LogP contribution in [-0.2, 0) is 6.54 Å². The number of rotatable bonds is 6. The molecule has 0 aliphatic carbocycles. The van der Waals surface area contributed by atoms with Crippen LogP contribution < -0.4 is 5.32 Å². The van der Waals surface area contributed by atoms with Crippen molar-refractivity contribution in [2.75, 3.05) is 40.3 Å². The van der Waals surface area contributed by atoms with Crippen LogP contribution in [0, 0.1) is 12.8 Å². The largest absolute Gasteiger partial charge is 0.311 e. The van der Waals surface area contributed by atoms with Crippen molar-refractivity contribution in [3.05, 3.63) is 21.9 Å². The van der Waals surface area contributed by atoms with Gasteiger partial charge in [-0.3, -0.25) is 0 Å². The topological polar surface area (TPSA) is 18.5 Å². The van der Waals surface area contributed by atoms with Gasteiger partial charge in [-0.05, 0) is 39.1 Å². The molecule has 0 amide bonds. The van der Waals surface area contributed by atoms with E-state index in [4.69, 9.17) is 0 Å². The van der Waals surface area contributed by atoms with E-state index >= 15 is 0 Å². The Labute approximate surface area is 121 Å². The first-order valence-corrected chi connectivity index (χ1v) is 8.02. The van der Waals surface area contributed by atoms with Crippen LogP contribution in [0.4, 0.5) is 0 Å². The average Bonchev–Trinajstić information content (AvgIpc) is 2.91. The molecular formula is C15H27N3S. The number of hydrogen-bond acceptors (Lipinski definition) is 4. The number of nitrogens with one attached hydrogen (secondary N) is 1. The van der Waals surface area contributed by atoms with Gasteiger partial charge in [0.15, 0.2) is 0 Å². The maximum Gasteiger partial charge on any atom is 0.0300 e. The predicted octanol–water partition coefficient (Wildman–Crippen LogP) is 2.03. The summed E-state index contributed by atoms with van der Waals surface area (Å²) in [4.78, 5) is 7.80. The van der Waals surface area contributed by atoms with Crippen molar-refractivity contribution in [1.82, 2.24) is 15.1 Å². The zero-order chi connectivity index (χ0) is 13.8. The number of nitrogens with zero attached hydrogens (tertiary/aromatic N) is 2.